The van der Waals surface area contributed by atoms with Crippen molar-refractivity contribution in [1.82, 2.24) is 5.32 Å². The van der Waals surface area contributed by atoms with E-state index in [0.717, 1.165) is 35.7 Å². The number of halogens is 1. The molecule has 8 heteroatoms. The zero-order valence-corrected chi connectivity index (χ0v) is 19.8. The van der Waals surface area contributed by atoms with Gasteiger partial charge >= 0.3 is 11.6 Å². The van der Waals surface area contributed by atoms with E-state index >= 15 is 0 Å². The Morgan fingerprint density at radius 2 is 1.82 bits per heavy atom. The molecule has 2 aromatic carbocycles. The van der Waals surface area contributed by atoms with Crippen LogP contribution in [0.2, 0.25) is 0 Å². The predicted octanol–water partition coefficient (Wildman–Crippen LogP) is 4.91. The molecule has 1 aliphatic rings. The molecule has 1 amide bonds. The topological polar surface area (TPSA) is 94.8 Å². The summed E-state index contributed by atoms with van der Waals surface area (Å²) in [5.41, 5.74) is 0.449. The Morgan fingerprint density at radius 3 is 2.58 bits per heavy atom. The number of ether oxygens (including phenoxy) is 2. The Labute approximate surface area is 199 Å². The minimum Gasteiger partial charge on any atom is -0.482 e. The van der Waals surface area contributed by atoms with Gasteiger partial charge in [-0.25, -0.2) is 9.59 Å². The molecule has 0 atom stereocenters. The first kappa shape index (κ1) is 23.0. The van der Waals surface area contributed by atoms with Crippen molar-refractivity contribution in [2.75, 3.05) is 6.61 Å². The normalized spacial score (nSPS) is 14.1. The highest BCUT2D eigenvalue weighted by atomic mass is 79.9. The predicted molar refractivity (Wildman–Crippen MR) is 127 cm³/mol. The van der Waals surface area contributed by atoms with Gasteiger partial charge in [-0.15, -0.1) is 0 Å². The molecule has 0 spiro atoms. The zero-order chi connectivity index (χ0) is 23.4. The van der Waals surface area contributed by atoms with Gasteiger partial charge in [-0.05, 0) is 61.7 Å². The summed E-state index contributed by atoms with van der Waals surface area (Å²) in [6, 6.07) is 11.6. The first-order chi connectivity index (χ1) is 15.9. The maximum Gasteiger partial charge on any atom is 0.349 e. The minimum atomic E-state index is -0.728. The molecule has 0 radical (unpaired) electrons. The van der Waals surface area contributed by atoms with Crippen LogP contribution >= 0.6 is 15.9 Å². The molecule has 4 rings (SSSR count). The van der Waals surface area contributed by atoms with Gasteiger partial charge in [0.05, 0.1) is 0 Å². The van der Waals surface area contributed by atoms with Gasteiger partial charge in [0.1, 0.15) is 22.6 Å². The number of amides is 1. The molecule has 0 aliphatic heterocycles. The van der Waals surface area contributed by atoms with Crippen LogP contribution in [0.3, 0.4) is 0 Å². The number of rotatable bonds is 6. The van der Waals surface area contributed by atoms with E-state index in [2.05, 4.69) is 21.2 Å². The van der Waals surface area contributed by atoms with Crippen LogP contribution in [0.5, 0.6) is 11.5 Å². The molecule has 1 N–H and O–H groups in total. The summed E-state index contributed by atoms with van der Waals surface area (Å²) in [5, 5.41) is 3.49. The van der Waals surface area contributed by atoms with E-state index in [-0.39, 0.29) is 29.5 Å². The molecule has 0 bridgehead atoms. The second-order valence-electron chi connectivity index (χ2n) is 8.13. The van der Waals surface area contributed by atoms with Gasteiger partial charge in [0, 0.05) is 22.0 Å². The number of fused-ring (bicyclic) bond motifs is 1. The summed E-state index contributed by atoms with van der Waals surface area (Å²) in [6.45, 7) is 1.65. The molecule has 33 heavy (non-hydrogen) atoms. The van der Waals surface area contributed by atoms with Gasteiger partial charge in [0.15, 0.2) is 6.61 Å². The first-order valence-electron chi connectivity index (χ1n) is 10.9. The molecule has 1 aromatic heterocycles. The Kier molecular flexibility index (Phi) is 7.13. The van der Waals surface area contributed by atoms with Gasteiger partial charge in [0.25, 0.3) is 5.91 Å². The van der Waals surface area contributed by atoms with E-state index in [1.165, 1.54) is 18.6 Å². The largest absolute Gasteiger partial charge is 0.482 e. The zero-order valence-electron chi connectivity index (χ0n) is 18.2. The lowest BCUT2D eigenvalue weighted by molar-refractivity contribution is -0.136. The van der Waals surface area contributed by atoms with Gasteiger partial charge in [0.2, 0.25) is 0 Å². The average Bonchev–Trinajstić information content (AvgIpc) is 2.80. The number of hydrogen-bond donors (Lipinski definition) is 1. The third kappa shape index (κ3) is 5.82. The fourth-order valence-corrected chi connectivity index (χ4v) is 4.08. The van der Waals surface area contributed by atoms with E-state index in [1.54, 1.807) is 18.2 Å². The van der Waals surface area contributed by atoms with Crippen molar-refractivity contribution in [3.8, 4) is 11.5 Å². The molecular weight excluding hydrogens is 490 g/mol. The van der Waals surface area contributed by atoms with E-state index in [9.17, 15) is 14.4 Å². The fraction of sp³-hybridized carbons (Fsp3) is 0.320. The lowest BCUT2D eigenvalue weighted by Gasteiger charge is -2.22. The molecule has 172 valence electrons. The van der Waals surface area contributed by atoms with E-state index in [1.807, 2.05) is 19.1 Å². The average molecular weight is 514 g/mol. The van der Waals surface area contributed by atoms with Gasteiger partial charge in [-0.1, -0.05) is 35.2 Å². The molecule has 0 saturated heterocycles. The van der Waals surface area contributed by atoms with Crippen molar-refractivity contribution in [3.63, 3.8) is 0 Å². The van der Waals surface area contributed by atoms with E-state index < -0.39 is 17.5 Å². The summed E-state index contributed by atoms with van der Waals surface area (Å²) in [6.07, 6.45) is 5.17. The van der Waals surface area contributed by atoms with Crippen LogP contribution in [0.1, 0.15) is 48.0 Å². The molecule has 3 aromatic rings. The highest BCUT2D eigenvalue weighted by molar-refractivity contribution is 9.10. The van der Waals surface area contributed by atoms with Crippen molar-refractivity contribution in [2.24, 2.45) is 0 Å². The molecule has 7 nitrogen and oxygen atoms in total. The summed E-state index contributed by atoms with van der Waals surface area (Å²) in [7, 11) is 0. The molecule has 1 aliphatic carbocycles. The third-order valence-corrected chi connectivity index (χ3v) is 6.50. The SMILES string of the molecule is Cc1cc(OCC(=O)Oc2ccc3cc(C(=O)NC4CCCCC4)c(=O)oc3c2)ccc1Br. The summed E-state index contributed by atoms with van der Waals surface area (Å²) >= 11 is 3.41. The maximum absolute atomic E-state index is 12.6. The lowest BCUT2D eigenvalue weighted by Crippen LogP contribution is -2.38. The second-order valence-corrected chi connectivity index (χ2v) is 8.98. The maximum atomic E-state index is 12.6. The standard InChI is InChI=1S/C25H24BrNO6/c1-15-11-18(9-10-21(15)26)31-14-23(28)32-19-8-7-16-12-20(25(30)33-22(16)13-19)24(29)27-17-5-3-2-4-6-17/h7-13,17H,2-6,14H2,1H3,(H,27,29). The number of carbonyl (C=O) groups excluding carboxylic acids is 2. The summed E-state index contributed by atoms with van der Waals surface area (Å²) in [4.78, 5) is 37.1. The van der Waals surface area contributed by atoms with Crippen LogP contribution in [-0.2, 0) is 4.79 Å². The van der Waals surface area contributed by atoms with Crippen LogP contribution in [0, 0.1) is 6.92 Å². The van der Waals surface area contributed by atoms with Crippen molar-refractivity contribution in [3.05, 3.63) is 68.5 Å². The molecule has 1 fully saturated rings. The number of carbonyl (C=O) groups is 2. The third-order valence-electron chi connectivity index (χ3n) is 5.61. The summed E-state index contributed by atoms with van der Waals surface area (Å²) in [5.74, 6) is -0.254. The van der Waals surface area contributed by atoms with Crippen LogP contribution in [0.25, 0.3) is 11.0 Å². The highest BCUT2D eigenvalue weighted by Gasteiger charge is 2.20. The van der Waals surface area contributed by atoms with Crippen LogP contribution < -0.4 is 20.4 Å². The Bertz CT molecular complexity index is 1250. The Morgan fingerprint density at radius 1 is 1.06 bits per heavy atom. The molecule has 1 heterocycles. The smallest absolute Gasteiger partial charge is 0.349 e. The number of esters is 1. The quantitative estimate of drug-likeness (QED) is 0.285. The van der Waals surface area contributed by atoms with Crippen LogP contribution in [0.15, 0.2) is 56.1 Å². The number of benzene rings is 2. The van der Waals surface area contributed by atoms with Gasteiger partial charge in [-0.3, -0.25) is 4.79 Å². The highest BCUT2D eigenvalue weighted by Crippen LogP contribution is 2.23. The Hall–Kier alpha value is -3.13. The number of aryl methyl sites for hydroxylation is 1. The van der Waals surface area contributed by atoms with Gasteiger partial charge in [-0.2, -0.15) is 0 Å². The summed E-state index contributed by atoms with van der Waals surface area (Å²) < 4.78 is 17.1. The molecule has 1 saturated carbocycles. The molecule has 0 unspecified atom stereocenters. The lowest BCUT2D eigenvalue weighted by atomic mass is 9.95. The monoisotopic (exact) mass is 513 g/mol. The van der Waals surface area contributed by atoms with Crippen LogP contribution in [0.4, 0.5) is 0 Å². The fourth-order valence-electron chi connectivity index (χ4n) is 3.83. The first-order valence-corrected chi connectivity index (χ1v) is 11.7. The van der Waals surface area contributed by atoms with Crippen molar-refractivity contribution in [2.45, 2.75) is 45.1 Å². The van der Waals surface area contributed by atoms with Crippen LogP contribution in [-0.4, -0.2) is 24.5 Å². The number of nitrogens with one attached hydrogen (secondary N) is 1. The Balaban J connectivity index is 1.41. The van der Waals surface area contributed by atoms with Gasteiger partial charge < -0.3 is 19.2 Å². The van der Waals surface area contributed by atoms with E-state index in [0.29, 0.717) is 11.1 Å². The van der Waals surface area contributed by atoms with E-state index in [4.69, 9.17) is 13.9 Å². The molecular formula is C25H24BrNO6. The van der Waals surface area contributed by atoms with Crippen molar-refractivity contribution in [1.29, 1.82) is 0 Å². The van der Waals surface area contributed by atoms with Crippen molar-refractivity contribution < 1.29 is 23.5 Å². The second kappa shape index (κ2) is 10.2. The van der Waals surface area contributed by atoms with Crippen molar-refractivity contribution >= 4 is 38.8 Å². The minimum absolute atomic E-state index is 0.0315. The number of hydrogen-bond acceptors (Lipinski definition) is 6.